The third-order valence-electron chi connectivity index (χ3n) is 6.02. The van der Waals surface area contributed by atoms with Gasteiger partial charge in [-0.2, -0.15) is 0 Å². The smallest absolute Gasteiger partial charge is 0.264 e. The Morgan fingerprint density at radius 1 is 1.18 bits per heavy atom. The van der Waals surface area contributed by atoms with Crippen molar-refractivity contribution >= 4 is 23.1 Å². The molecule has 0 radical (unpaired) electrons. The van der Waals surface area contributed by atoms with Gasteiger partial charge in [-0.05, 0) is 55.1 Å². The molecule has 3 heterocycles. The van der Waals surface area contributed by atoms with Crippen molar-refractivity contribution in [3.05, 3.63) is 58.0 Å². The summed E-state index contributed by atoms with van der Waals surface area (Å²) >= 11 is 1.45. The van der Waals surface area contributed by atoms with Crippen molar-refractivity contribution in [1.29, 1.82) is 0 Å². The number of piperazine rings is 1. The van der Waals surface area contributed by atoms with Crippen molar-refractivity contribution in [3.63, 3.8) is 0 Å². The molecule has 1 aromatic carbocycles. The quantitative estimate of drug-likeness (QED) is 0.465. The van der Waals surface area contributed by atoms with Gasteiger partial charge in [0.2, 0.25) is 5.88 Å². The highest BCUT2D eigenvalue weighted by atomic mass is 32.1. The van der Waals surface area contributed by atoms with E-state index in [0.717, 1.165) is 48.6 Å². The van der Waals surface area contributed by atoms with Gasteiger partial charge in [-0.3, -0.25) is 4.79 Å². The summed E-state index contributed by atoms with van der Waals surface area (Å²) in [6.45, 7) is 8.86. The van der Waals surface area contributed by atoms with Gasteiger partial charge >= 0.3 is 0 Å². The highest BCUT2D eigenvalue weighted by Crippen LogP contribution is 2.34. The van der Waals surface area contributed by atoms with Gasteiger partial charge in [0.15, 0.2) is 0 Å². The summed E-state index contributed by atoms with van der Waals surface area (Å²) in [5.74, 6) is 0.895. The standard InChI is InChI=1S/C25H31FN4O2S/c1-18(2)10-11-30(24(31)22-5-4-16-33-22)17-21-23(19-6-8-20(26)9-7-19)27-32-25(21)29-14-12-28(3)13-15-29/h4-9,16,18H,10-15,17H2,1-3H3. The fourth-order valence-electron chi connectivity index (χ4n) is 3.95. The van der Waals surface area contributed by atoms with E-state index in [-0.39, 0.29) is 11.7 Å². The molecule has 176 valence electrons. The Hall–Kier alpha value is -2.71. The second-order valence-corrected chi connectivity index (χ2v) is 9.95. The van der Waals surface area contributed by atoms with Crippen LogP contribution in [-0.2, 0) is 6.54 Å². The lowest BCUT2D eigenvalue weighted by Gasteiger charge is -2.33. The summed E-state index contributed by atoms with van der Waals surface area (Å²) in [6.07, 6.45) is 0.901. The number of amides is 1. The van der Waals surface area contributed by atoms with Gasteiger partial charge < -0.3 is 19.2 Å². The van der Waals surface area contributed by atoms with E-state index < -0.39 is 0 Å². The predicted molar refractivity (Wildman–Crippen MR) is 130 cm³/mol. The van der Waals surface area contributed by atoms with Crippen LogP contribution in [0.5, 0.6) is 0 Å². The average Bonchev–Trinajstić information content (AvgIpc) is 3.48. The van der Waals surface area contributed by atoms with Crippen LogP contribution in [0.3, 0.4) is 0 Å². The van der Waals surface area contributed by atoms with Gasteiger partial charge in [-0.25, -0.2) is 4.39 Å². The van der Waals surface area contributed by atoms with E-state index in [2.05, 4.69) is 35.9 Å². The number of thiophene rings is 1. The molecule has 2 aromatic heterocycles. The van der Waals surface area contributed by atoms with Crippen LogP contribution in [0.2, 0.25) is 0 Å². The zero-order chi connectivity index (χ0) is 23.4. The molecule has 3 aromatic rings. The van der Waals surface area contributed by atoms with Gasteiger partial charge in [0, 0.05) is 38.3 Å². The minimum Gasteiger partial charge on any atom is -0.338 e. The molecule has 8 heteroatoms. The summed E-state index contributed by atoms with van der Waals surface area (Å²) in [5.41, 5.74) is 2.32. The summed E-state index contributed by atoms with van der Waals surface area (Å²) in [5, 5.41) is 6.32. The van der Waals surface area contributed by atoms with Crippen molar-refractivity contribution in [2.24, 2.45) is 5.92 Å². The molecule has 0 N–H and O–H groups in total. The van der Waals surface area contributed by atoms with Crippen molar-refractivity contribution in [2.45, 2.75) is 26.8 Å². The number of nitrogens with zero attached hydrogens (tertiary/aromatic N) is 4. The fraction of sp³-hybridized carbons (Fsp3) is 0.440. The highest BCUT2D eigenvalue weighted by molar-refractivity contribution is 7.12. The molecule has 0 saturated carbocycles. The number of hydrogen-bond donors (Lipinski definition) is 0. The monoisotopic (exact) mass is 470 g/mol. The maximum absolute atomic E-state index is 13.6. The summed E-state index contributed by atoms with van der Waals surface area (Å²) in [6, 6.07) is 10.0. The molecule has 1 aliphatic heterocycles. The van der Waals surface area contributed by atoms with E-state index in [1.165, 1.54) is 23.5 Å². The maximum Gasteiger partial charge on any atom is 0.264 e. The summed E-state index contributed by atoms with van der Waals surface area (Å²) in [4.78, 5) is 20.5. The van der Waals surface area contributed by atoms with Crippen LogP contribution in [0.15, 0.2) is 46.3 Å². The van der Waals surface area contributed by atoms with Crippen LogP contribution >= 0.6 is 11.3 Å². The van der Waals surface area contributed by atoms with Crippen molar-refractivity contribution in [1.82, 2.24) is 15.0 Å². The van der Waals surface area contributed by atoms with Crippen molar-refractivity contribution in [3.8, 4) is 11.3 Å². The molecule has 0 unspecified atom stereocenters. The number of likely N-dealkylation sites (N-methyl/N-ethyl adjacent to an activating group) is 1. The highest BCUT2D eigenvalue weighted by Gasteiger charge is 2.28. The van der Waals surface area contributed by atoms with Crippen molar-refractivity contribution < 1.29 is 13.7 Å². The van der Waals surface area contributed by atoms with Gasteiger partial charge in [0.25, 0.3) is 5.91 Å². The summed E-state index contributed by atoms with van der Waals surface area (Å²) < 4.78 is 19.5. The van der Waals surface area contributed by atoms with Gasteiger partial charge in [-0.1, -0.05) is 25.1 Å². The number of anilines is 1. The fourth-order valence-corrected chi connectivity index (χ4v) is 4.64. The lowest BCUT2D eigenvalue weighted by molar-refractivity contribution is 0.0740. The predicted octanol–water partition coefficient (Wildman–Crippen LogP) is 4.98. The molecular formula is C25H31FN4O2S. The first kappa shape index (κ1) is 23.4. The largest absolute Gasteiger partial charge is 0.338 e. The lowest BCUT2D eigenvalue weighted by Crippen LogP contribution is -2.45. The molecule has 1 saturated heterocycles. The minimum atomic E-state index is -0.297. The Kier molecular flexibility index (Phi) is 7.45. The minimum absolute atomic E-state index is 0.0150. The third kappa shape index (κ3) is 5.62. The van der Waals surface area contributed by atoms with E-state index in [1.807, 2.05) is 22.4 Å². The van der Waals surface area contributed by atoms with Crippen LogP contribution in [0, 0.1) is 11.7 Å². The van der Waals surface area contributed by atoms with Crippen molar-refractivity contribution in [2.75, 3.05) is 44.7 Å². The first-order valence-electron chi connectivity index (χ1n) is 11.4. The Morgan fingerprint density at radius 2 is 1.91 bits per heavy atom. The maximum atomic E-state index is 13.6. The van der Waals surface area contributed by atoms with E-state index in [4.69, 9.17) is 4.52 Å². The number of benzene rings is 1. The van der Waals surface area contributed by atoms with Gasteiger partial charge in [0.1, 0.15) is 11.5 Å². The first-order chi connectivity index (χ1) is 15.9. The number of rotatable bonds is 8. The summed E-state index contributed by atoms with van der Waals surface area (Å²) in [7, 11) is 2.11. The molecule has 1 fully saturated rings. The molecule has 33 heavy (non-hydrogen) atoms. The SMILES string of the molecule is CC(C)CCN(Cc1c(-c2ccc(F)cc2)noc1N1CCN(C)CC1)C(=O)c1cccs1. The number of carbonyl (C=O) groups excluding carboxylic acids is 1. The lowest BCUT2D eigenvalue weighted by atomic mass is 10.1. The molecule has 6 nitrogen and oxygen atoms in total. The number of carbonyl (C=O) groups is 1. The normalized spacial score (nSPS) is 14.8. The second-order valence-electron chi connectivity index (χ2n) is 9.00. The van der Waals surface area contributed by atoms with E-state index >= 15 is 0 Å². The molecule has 1 aliphatic rings. The number of halogens is 1. The second kappa shape index (κ2) is 10.5. The number of aromatic nitrogens is 1. The van der Waals surface area contributed by atoms with E-state index in [1.54, 1.807) is 12.1 Å². The Balaban J connectivity index is 1.70. The van der Waals surface area contributed by atoms with E-state index in [9.17, 15) is 9.18 Å². The topological polar surface area (TPSA) is 52.8 Å². The van der Waals surface area contributed by atoms with Crippen LogP contribution in [0.1, 0.15) is 35.5 Å². The molecule has 0 aliphatic carbocycles. The third-order valence-corrected chi connectivity index (χ3v) is 6.88. The molecule has 0 bridgehead atoms. The zero-order valence-electron chi connectivity index (χ0n) is 19.5. The van der Waals surface area contributed by atoms with Gasteiger partial charge in [0.05, 0.1) is 17.0 Å². The van der Waals surface area contributed by atoms with Crippen LogP contribution in [0.4, 0.5) is 10.3 Å². The van der Waals surface area contributed by atoms with E-state index in [0.29, 0.717) is 30.6 Å². The Bertz CT molecular complexity index is 1040. The molecule has 1 amide bonds. The first-order valence-corrected chi connectivity index (χ1v) is 12.3. The molecule has 0 atom stereocenters. The van der Waals surface area contributed by atoms with Crippen LogP contribution < -0.4 is 4.90 Å². The van der Waals surface area contributed by atoms with Crippen LogP contribution in [-0.4, -0.2) is 60.6 Å². The zero-order valence-corrected chi connectivity index (χ0v) is 20.3. The number of hydrogen-bond acceptors (Lipinski definition) is 6. The Labute approximate surface area is 198 Å². The molecule has 0 spiro atoms. The molecule has 4 rings (SSSR count). The Morgan fingerprint density at radius 3 is 2.55 bits per heavy atom. The van der Waals surface area contributed by atoms with Crippen LogP contribution in [0.25, 0.3) is 11.3 Å². The van der Waals surface area contributed by atoms with Gasteiger partial charge in [-0.15, -0.1) is 11.3 Å². The molecular weight excluding hydrogens is 439 g/mol. The average molecular weight is 471 g/mol.